The van der Waals surface area contributed by atoms with Crippen molar-refractivity contribution in [2.45, 2.75) is 148 Å². The zero-order chi connectivity index (χ0) is 24.4. The molecule has 0 bridgehead atoms. The van der Waals surface area contributed by atoms with Crippen LogP contribution in [-0.2, 0) is 4.79 Å². The summed E-state index contributed by atoms with van der Waals surface area (Å²) in [6.45, 7) is 4.20. The first-order chi connectivity index (χ1) is 16.2. The molecule has 0 spiro atoms. The molecule has 4 nitrogen and oxygen atoms in total. The number of unbranched alkanes of at least 4 members (excludes halogenated alkanes) is 13. The number of carbonyl (C=O) groups excluding carboxylic acids is 1. The average molecular weight is 466 g/mol. The molecule has 0 saturated heterocycles. The summed E-state index contributed by atoms with van der Waals surface area (Å²) in [6.07, 6.45) is 29.6. The van der Waals surface area contributed by atoms with Gasteiger partial charge in [0.05, 0.1) is 18.8 Å². The Bertz CT molecular complexity index is 475. The van der Waals surface area contributed by atoms with Gasteiger partial charge < -0.3 is 15.5 Å². The van der Waals surface area contributed by atoms with Crippen LogP contribution in [-0.4, -0.2) is 34.9 Å². The summed E-state index contributed by atoms with van der Waals surface area (Å²) in [6, 6.07) is -0.532. The van der Waals surface area contributed by atoms with E-state index < -0.39 is 12.1 Å². The summed E-state index contributed by atoms with van der Waals surface area (Å²) in [5.74, 6) is -0.0516. The van der Waals surface area contributed by atoms with Crippen LogP contribution < -0.4 is 5.32 Å². The van der Waals surface area contributed by atoms with E-state index in [1.54, 1.807) is 0 Å². The number of aliphatic hydroxyl groups excluding tert-OH is 2. The van der Waals surface area contributed by atoms with E-state index in [0.29, 0.717) is 12.8 Å². The van der Waals surface area contributed by atoms with Crippen molar-refractivity contribution in [3.05, 3.63) is 24.3 Å². The van der Waals surface area contributed by atoms with Crippen molar-refractivity contribution in [1.29, 1.82) is 0 Å². The highest BCUT2D eigenvalue weighted by Gasteiger charge is 2.19. The fourth-order valence-electron chi connectivity index (χ4n) is 3.97. The Morgan fingerprint density at radius 1 is 0.727 bits per heavy atom. The SMILES string of the molecule is CCCCC/C=C\C/C=C\CCCCCCCCCC(=O)NC(CO)C(O)CCCCCC. The van der Waals surface area contributed by atoms with Gasteiger partial charge in [0.25, 0.3) is 0 Å². The maximum Gasteiger partial charge on any atom is 0.220 e. The predicted molar refractivity (Wildman–Crippen MR) is 142 cm³/mol. The number of aliphatic hydroxyl groups is 2. The summed E-state index contributed by atoms with van der Waals surface area (Å²) in [7, 11) is 0. The topological polar surface area (TPSA) is 69.6 Å². The second-order valence-corrected chi connectivity index (χ2v) is 9.46. The quantitative estimate of drug-likeness (QED) is 0.103. The van der Waals surface area contributed by atoms with Gasteiger partial charge in [0.15, 0.2) is 0 Å². The van der Waals surface area contributed by atoms with Gasteiger partial charge in [-0.25, -0.2) is 0 Å². The minimum atomic E-state index is -0.655. The van der Waals surface area contributed by atoms with Gasteiger partial charge in [-0.2, -0.15) is 0 Å². The van der Waals surface area contributed by atoms with E-state index in [-0.39, 0.29) is 12.5 Å². The van der Waals surface area contributed by atoms with Gasteiger partial charge >= 0.3 is 0 Å². The molecule has 0 aromatic rings. The number of nitrogens with one attached hydrogen (secondary N) is 1. The molecule has 0 saturated carbocycles. The van der Waals surface area contributed by atoms with Gasteiger partial charge in [0.2, 0.25) is 5.91 Å². The van der Waals surface area contributed by atoms with Crippen molar-refractivity contribution < 1.29 is 15.0 Å². The Balaban J connectivity index is 3.55. The molecule has 0 radical (unpaired) electrons. The van der Waals surface area contributed by atoms with Gasteiger partial charge in [0, 0.05) is 6.42 Å². The molecular formula is C29H55NO3. The standard InChI is InChI=1S/C29H55NO3/c1-3-5-7-9-10-11-12-13-14-15-16-17-18-19-20-21-23-25-29(33)30-27(26-31)28(32)24-22-8-6-4-2/h10-11,13-14,27-28,31-32H,3-9,12,15-26H2,1-2H3,(H,30,33)/b11-10-,14-13-. The lowest BCUT2D eigenvalue weighted by atomic mass is 10.0. The Kier molecular flexibility index (Phi) is 24.6. The third-order valence-electron chi connectivity index (χ3n) is 6.22. The van der Waals surface area contributed by atoms with Crippen LogP contribution in [0.15, 0.2) is 24.3 Å². The third-order valence-corrected chi connectivity index (χ3v) is 6.22. The van der Waals surface area contributed by atoms with Crippen LogP contribution in [0.5, 0.6) is 0 Å². The number of rotatable bonds is 24. The molecule has 0 aliphatic heterocycles. The van der Waals surface area contributed by atoms with Crippen molar-refractivity contribution in [2.24, 2.45) is 0 Å². The number of hydrogen-bond donors (Lipinski definition) is 3. The molecule has 2 atom stereocenters. The van der Waals surface area contributed by atoms with E-state index in [1.165, 1.54) is 64.2 Å². The summed E-state index contributed by atoms with van der Waals surface area (Å²) in [4.78, 5) is 12.1. The highest BCUT2D eigenvalue weighted by molar-refractivity contribution is 5.76. The van der Waals surface area contributed by atoms with Crippen molar-refractivity contribution >= 4 is 5.91 Å². The van der Waals surface area contributed by atoms with Crippen LogP contribution in [0.4, 0.5) is 0 Å². The molecule has 1 amide bonds. The molecule has 0 aliphatic rings. The molecule has 194 valence electrons. The summed E-state index contributed by atoms with van der Waals surface area (Å²) < 4.78 is 0. The Labute approximate surface area is 205 Å². The Hall–Kier alpha value is -1.13. The summed E-state index contributed by atoms with van der Waals surface area (Å²) >= 11 is 0. The maximum atomic E-state index is 12.1. The molecule has 0 aromatic heterocycles. The van der Waals surface area contributed by atoms with Gasteiger partial charge in [-0.3, -0.25) is 4.79 Å². The highest BCUT2D eigenvalue weighted by atomic mass is 16.3. The molecule has 0 aromatic carbocycles. The number of hydrogen-bond acceptors (Lipinski definition) is 3. The lowest BCUT2D eigenvalue weighted by Gasteiger charge is -2.22. The molecular weight excluding hydrogens is 410 g/mol. The lowest BCUT2D eigenvalue weighted by molar-refractivity contribution is -0.123. The monoisotopic (exact) mass is 465 g/mol. The van der Waals surface area contributed by atoms with E-state index in [2.05, 4.69) is 43.5 Å². The van der Waals surface area contributed by atoms with Crippen LogP contribution in [0, 0.1) is 0 Å². The predicted octanol–water partition coefficient (Wildman–Crippen LogP) is 7.39. The van der Waals surface area contributed by atoms with Crippen molar-refractivity contribution in [2.75, 3.05) is 6.61 Å². The molecule has 0 aliphatic carbocycles. The van der Waals surface area contributed by atoms with Gasteiger partial charge in [-0.1, -0.05) is 109 Å². The largest absolute Gasteiger partial charge is 0.394 e. The molecule has 0 heterocycles. The maximum absolute atomic E-state index is 12.1. The van der Waals surface area contributed by atoms with Crippen LogP contribution >= 0.6 is 0 Å². The molecule has 33 heavy (non-hydrogen) atoms. The average Bonchev–Trinajstić information content (AvgIpc) is 2.82. The Morgan fingerprint density at radius 3 is 1.85 bits per heavy atom. The first kappa shape index (κ1) is 31.9. The molecule has 0 fully saturated rings. The van der Waals surface area contributed by atoms with Crippen LogP contribution in [0.3, 0.4) is 0 Å². The molecule has 4 heteroatoms. The lowest BCUT2D eigenvalue weighted by Crippen LogP contribution is -2.45. The zero-order valence-corrected chi connectivity index (χ0v) is 21.9. The van der Waals surface area contributed by atoms with E-state index in [0.717, 1.165) is 44.9 Å². The van der Waals surface area contributed by atoms with E-state index in [4.69, 9.17) is 0 Å². The smallest absolute Gasteiger partial charge is 0.220 e. The van der Waals surface area contributed by atoms with Crippen LogP contribution in [0.2, 0.25) is 0 Å². The number of amides is 1. The third kappa shape index (κ3) is 22.4. The molecule has 3 N–H and O–H groups in total. The zero-order valence-electron chi connectivity index (χ0n) is 21.9. The van der Waals surface area contributed by atoms with Crippen molar-refractivity contribution in [1.82, 2.24) is 5.32 Å². The van der Waals surface area contributed by atoms with Crippen LogP contribution in [0.1, 0.15) is 136 Å². The van der Waals surface area contributed by atoms with E-state index in [9.17, 15) is 15.0 Å². The fraction of sp³-hybridized carbons (Fsp3) is 0.828. The summed E-state index contributed by atoms with van der Waals surface area (Å²) in [5, 5.41) is 22.5. The first-order valence-electron chi connectivity index (χ1n) is 14.0. The van der Waals surface area contributed by atoms with E-state index >= 15 is 0 Å². The van der Waals surface area contributed by atoms with Gasteiger partial charge in [-0.05, 0) is 44.9 Å². The normalized spacial score (nSPS) is 13.7. The van der Waals surface area contributed by atoms with Crippen molar-refractivity contribution in [3.8, 4) is 0 Å². The Morgan fingerprint density at radius 2 is 1.24 bits per heavy atom. The van der Waals surface area contributed by atoms with Gasteiger partial charge in [0.1, 0.15) is 0 Å². The van der Waals surface area contributed by atoms with E-state index in [1.807, 2.05) is 0 Å². The van der Waals surface area contributed by atoms with Crippen molar-refractivity contribution in [3.63, 3.8) is 0 Å². The second-order valence-electron chi connectivity index (χ2n) is 9.46. The minimum Gasteiger partial charge on any atom is -0.394 e. The highest BCUT2D eigenvalue weighted by Crippen LogP contribution is 2.11. The number of allylic oxidation sites excluding steroid dienone is 4. The molecule has 0 rings (SSSR count). The second kappa shape index (κ2) is 25.5. The molecule has 2 unspecified atom stereocenters. The number of carbonyl (C=O) groups is 1. The first-order valence-corrected chi connectivity index (χ1v) is 14.0. The fourth-order valence-corrected chi connectivity index (χ4v) is 3.97. The summed E-state index contributed by atoms with van der Waals surface area (Å²) in [5.41, 5.74) is 0. The minimum absolute atomic E-state index is 0.0516. The van der Waals surface area contributed by atoms with Gasteiger partial charge in [-0.15, -0.1) is 0 Å². The van der Waals surface area contributed by atoms with Crippen LogP contribution in [0.25, 0.3) is 0 Å².